The van der Waals surface area contributed by atoms with Crippen molar-refractivity contribution < 1.29 is 26.3 Å². The molecule has 0 spiro atoms. The molecule has 1 aromatic heterocycles. The molecule has 2 heterocycles. The van der Waals surface area contributed by atoms with Crippen LogP contribution in [0, 0.1) is 17.5 Å². The van der Waals surface area contributed by atoms with Crippen LogP contribution in [-0.4, -0.2) is 22.9 Å². The smallest absolute Gasteiger partial charge is 0.372 e. The van der Waals surface area contributed by atoms with Crippen molar-refractivity contribution in [2.45, 2.75) is 32.0 Å². The van der Waals surface area contributed by atoms with Crippen LogP contribution in [0.1, 0.15) is 30.4 Å². The monoisotopic (exact) mass is 489 g/mol. The van der Waals surface area contributed by atoms with Gasteiger partial charge >= 0.3 is 6.18 Å². The molecule has 0 unspecified atom stereocenters. The molecular weight excluding hydrogens is 468 g/mol. The molecule has 1 aliphatic heterocycles. The highest BCUT2D eigenvalue weighted by molar-refractivity contribution is 5.95. The first-order valence-corrected chi connectivity index (χ1v) is 11.3. The van der Waals surface area contributed by atoms with E-state index in [0.717, 1.165) is 42.4 Å². The number of fused-ring (bicyclic) bond motifs is 1. The summed E-state index contributed by atoms with van der Waals surface area (Å²) in [5.74, 6) is -3.35. The standard InChI is InChI=1S/C26H21F6N3/c27-17-13-22(28)20(23(29)14-17)15-35-25(19-5-4-6-21(24(19)33-35)26(30,31)32)16-7-9-18(10-8-16)34-11-2-1-3-12-34/h4-10,13-14H,1-3,11-12,15H2. The third-order valence-corrected chi connectivity index (χ3v) is 6.35. The molecular formula is C26H21F6N3. The van der Waals surface area contributed by atoms with Crippen LogP contribution < -0.4 is 4.90 Å². The highest BCUT2D eigenvalue weighted by Crippen LogP contribution is 2.38. The SMILES string of the molecule is Fc1cc(F)c(Cn2nc3c(C(F)(F)F)cccc3c2-c2ccc(N3CCCCC3)cc2)c(F)c1. The van der Waals surface area contributed by atoms with Crippen molar-refractivity contribution in [1.29, 1.82) is 0 Å². The summed E-state index contributed by atoms with van der Waals surface area (Å²) in [6.07, 6.45) is -1.30. The summed E-state index contributed by atoms with van der Waals surface area (Å²) in [5.41, 5.74) is 0.0855. The molecule has 1 aliphatic rings. The maximum absolute atomic E-state index is 14.4. The molecule has 1 saturated heterocycles. The summed E-state index contributed by atoms with van der Waals surface area (Å²) in [5, 5.41) is 4.33. The first kappa shape index (κ1) is 23.3. The van der Waals surface area contributed by atoms with Gasteiger partial charge in [0, 0.05) is 47.4 Å². The first-order valence-electron chi connectivity index (χ1n) is 11.3. The van der Waals surface area contributed by atoms with Gasteiger partial charge in [-0.2, -0.15) is 18.3 Å². The van der Waals surface area contributed by atoms with E-state index in [0.29, 0.717) is 23.4 Å². The largest absolute Gasteiger partial charge is 0.418 e. The van der Waals surface area contributed by atoms with Crippen LogP contribution >= 0.6 is 0 Å². The number of piperidine rings is 1. The number of alkyl halides is 3. The van der Waals surface area contributed by atoms with E-state index in [-0.39, 0.29) is 10.9 Å². The Balaban J connectivity index is 1.65. The van der Waals surface area contributed by atoms with Crippen molar-refractivity contribution in [2.75, 3.05) is 18.0 Å². The van der Waals surface area contributed by atoms with Crippen molar-refractivity contribution in [3.05, 3.63) is 83.2 Å². The van der Waals surface area contributed by atoms with Gasteiger partial charge in [0.05, 0.1) is 17.8 Å². The third kappa shape index (κ3) is 4.47. The minimum absolute atomic E-state index is 0.202. The number of hydrogen-bond donors (Lipinski definition) is 0. The van der Waals surface area contributed by atoms with Crippen molar-refractivity contribution in [3.63, 3.8) is 0 Å². The molecule has 0 saturated carbocycles. The Morgan fingerprint density at radius 2 is 1.49 bits per heavy atom. The lowest BCUT2D eigenvalue weighted by atomic mass is 10.0. The Labute approximate surface area is 197 Å². The summed E-state index contributed by atoms with van der Waals surface area (Å²) in [6, 6.07) is 12.1. The van der Waals surface area contributed by atoms with Crippen LogP contribution in [0.3, 0.4) is 0 Å². The Morgan fingerprint density at radius 3 is 2.11 bits per heavy atom. The maximum Gasteiger partial charge on any atom is 0.418 e. The van der Waals surface area contributed by atoms with Gasteiger partial charge < -0.3 is 4.90 Å². The molecule has 0 bridgehead atoms. The molecule has 35 heavy (non-hydrogen) atoms. The molecule has 5 rings (SSSR count). The van der Waals surface area contributed by atoms with E-state index in [2.05, 4.69) is 10.00 Å². The zero-order chi connectivity index (χ0) is 24.7. The van der Waals surface area contributed by atoms with E-state index in [1.807, 2.05) is 12.1 Å². The Bertz CT molecular complexity index is 1350. The van der Waals surface area contributed by atoms with Crippen molar-refractivity contribution in [3.8, 4) is 11.3 Å². The van der Waals surface area contributed by atoms with Gasteiger partial charge in [0.2, 0.25) is 0 Å². The number of rotatable bonds is 4. The van der Waals surface area contributed by atoms with E-state index < -0.39 is 41.3 Å². The molecule has 0 radical (unpaired) electrons. The number of anilines is 1. The fourth-order valence-electron chi connectivity index (χ4n) is 4.65. The van der Waals surface area contributed by atoms with Gasteiger partial charge in [-0.3, -0.25) is 4.68 Å². The molecule has 4 aromatic rings. The second kappa shape index (κ2) is 8.94. The summed E-state index contributed by atoms with van der Waals surface area (Å²) in [4.78, 5) is 2.24. The van der Waals surface area contributed by atoms with E-state index >= 15 is 0 Å². The summed E-state index contributed by atoms with van der Waals surface area (Å²) < 4.78 is 84.5. The Hall–Kier alpha value is -3.49. The first-order chi connectivity index (χ1) is 16.7. The topological polar surface area (TPSA) is 21.1 Å². The highest BCUT2D eigenvalue weighted by Gasteiger charge is 2.34. The zero-order valence-electron chi connectivity index (χ0n) is 18.5. The molecule has 9 heteroatoms. The molecule has 0 amide bonds. The number of nitrogens with zero attached hydrogens (tertiary/aromatic N) is 3. The van der Waals surface area contributed by atoms with Gasteiger partial charge in [-0.15, -0.1) is 0 Å². The summed E-state index contributed by atoms with van der Waals surface area (Å²) in [7, 11) is 0. The lowest BCUT2D eigenvalue weighted by molar-refractivity contribution is -0.136. The van der Waals surface area contributed by atoms with E-state index in [9.17, 15) is 26.3 Å². The van der Waals surface area contributed by atoms with Crippen LogP contribution in [0.15, 0.2) is 54.6 Å². The number of benzene rings is 3. The number of halogens is 6. The second-order valence-corrected chi connectivity index (χ2v) is 8.65. The average molecular weight is 489 g/mol. The van der Waals surface area contributed by atoms with E-state index in [1.165, 1.54) is 18.6 Å². The molecule has 0 N–H and O–H groups in total. The molecule has 1 fully saturated rings. The normalized spacial score (nSPS) is 14.6. The minimum Gasteiger partial charge on any atom is -0.372 e. The van der Waals surface area contributed by atoms with Crippen LogP contribution in [0.25, 0.3) is 22.2 Å². The van der Waals surface area contributed by atoms with Gasteiger partial charge in [0.15, 0.2) is 0 Å². The molecule has 182 valence electrons. The van der Waals surface area contributed by atoms with Gasteiger partial charge in [0.25, 0.3) is 0 Å². The minimum atomic E-state index is -4.67. The fourth-order valence-corrected chi connectivity index (χ4v) is 4.65. The van der Waals surface area contributed by atoms with Crippen LogP contribution in [0.2, 0.25) is 0 Å². The maximum atomic E-state index is 14.4. The van der Waals surface area contributed by atoms with Gasteiger partial charge in [0.1, 0.15) is 23.0 Å². The van der Waals surface area contributed by atoms with Gasteiger partial charge in [-0.25, -0.2) is 13.2 Å². The van der Waals surface area contributed by atoms with Crippen LogP contribution in [0.5, 0.6) is 0 Å². The number of hydrogen-bond acceptors (Lipinski definition) is 2. The highest BCUT2D eigenvalue weighted by atomic mass is 19.4. The molecule has 0 aliphatic carbocycles. The summed E-state index contributed by atoms with van der Waals surface area (Å²) in [6.45, 7) is 1.35. The van der Waals surface area contributed by atoms with Crippen LogP contribution in [0.4, 0.5) is 32.0 Å². The Kier molecular flexibility index (Phi) is 5.94. The molecule has 3 nitrogen and oxygen atoms in total. The summed E-state index contributed by atoms with van der Waals surface area (Å²) >= 11 is 0. The predicted molar refractivity (Wildman–Crippen MR) is 122 cm³/mol. The van der Waals surface area contributed by atoms with Crippen molar-refractivity contribution >= 4 is 16.6 Å². The number of aromatic nitrogens is 2. The van der Waals surface area contributed by atoms with Crippen LogP contribution in [-0.2, 0) is 12.7 Å². The van der Waals surface area contributed by atoms with E-state index in [4.69, 9.17) is 0 Å². The third-order valence-electron chi connectivity index (χ3n) is 6.35. The van der Waals surface area contributed by atoms with E-state index in [1.54, 1.807) is 12.1 Å². The van der Waals surface area contributed by atoms with Crippen molar-refractivity contribution in [2.24, 2.45) is 0 Å². The average Bonchev–Trinajstić information content (AvgIpc) is 3.19. The fraction of sp³-hybridized carbons (Fsp3) is 0.269. The van der Waals surface area contributed by atoms with Gasteiger partial charge in [-0.05, 0) is 37.5 Å². The van der Waals surface area contributed by atoms with Gasteiger partial charge in [-0.1, -0.05) is 24.3 Å². The predicted octanol–water partition coefficient (Wildman–Crippen LogP) is 7.18. The lowest BCUT2D eigenvalue weighted by Gasteiger charge is -2.28. The quantitative estimate of drug-likeness (QED) is 0.283. The zero-order valence-corrected chi connectivity index (χ0v) is 18.5. The Morgan fingerprint density at radius 1 is 0.829 bits per heavy atom. The molecule has 3 aromatic carbocycles. The van der Waals surface area contributed by atoms with Crippen molar-refractivity contribution in [1.82, 2.24) is 9.78 Å². The lowest BCUT2D eigenvalue weighted by Crippen LogP contribution is -2.29. The second-order valence-electron chi connectivity index (χ2n) is 8.65. The molecule has 0 atom stereocenters.